The smallest absolute Gasteiger partial charge is 0.132 e. The summed E-state index contributed by atoms with van der Waals surface area (Å²) in [7, 11) is 1.51. The molecule has 2 aromatic rings. The highest BCUT2D eigenvalue weighted by Gasteiger charge is 2.18. The van der Waals surface area contributed by atoms with Crippen LogP contribution in [0.3, 0.4) is 0 Å². The molecule has 0 fully saturated rings. The number of benzene rings is 2. The molecule has 0 saturated heterocycles. The van der Waals surface area contributed by atoms with Crippen molar-refractivity contribution in [3.05, 3.63) is 62.9 Å². The first-order valence-electron chi connectivity index (χ1n) is 6.54. The van der Waals surface area contributed by atoms with Gasteiger partial charge in [0.25, 0.3) is 0 Å². The average molecular weight is 353 g/mol. The Balaban J connectivity index is 2.49. The molecule has 112 valence electrons. The van der Waals surface area contributed by atoms with Gasteiger partial charge in [-0.25, -0.2) is 9.82 Å². The topological polar surface area (TPSA) is 47.3 Å². The van der Waals surface area contributed by atoms with Crippen LogP contribution in [0.2, 0.25) is 0 Å². The minimum Gasteiger partial charge on any atom is -0.497 e. The van der Waals surface area contributed by atoms with Gasteiger partial charge in [-0.05, 0) is 36.6 Å². The maximum Gasteiger partial charge on any atom is 0.132 e. The van der Waals surface area contributed by atoms with Gasteiger partial charge in [0.15, 0.2) is 0 Å². The number of halogens is 2. The molecule has 2 rings (SSSR count). The predicted molar refractivity (Wildman–Crippen MR) is 85.7 cm³/mol. The molecule has 0 heterocycles. The molecule has 0 aliphatic carbocycles. The number of methoxy groups -OCH3 is 1. The molecule has 0 aromatic heterocycles. The fourth-order valence-electron chi connectivity index (χ4n) is 2.38. The van der Waals surface area contributed by atoms with Crippen molar-refractivity contribution in [2.45, 2.75) is 19.9 Å². The van der Waals surface area contributed by atoms with Crippen molar-refractivity contribution < 1.29 is 9.13 Å². The summed E-state index contributed by atoms with van der Waals surface area (Å²) < 4.78 is 20.3. The van der Waals surface area contributed by atoms with Gasteiger partial charge in [0.2, 0.25) is 0 Å². The third kappa shape index (κ3) is 3.26. The SMILES string of the molecule is COc1ccc(C(NN)c2cc(C)c(Br)c(C)c2)c(F)c1. The number of ether oxygens (including phenoxy) is 1. The third-order valence-electron chi connectivity index (χ3n) is 3.48. The van der Waals surface area contributed by atoms with Crippen molar-refractivity contribution in [2.24, 2.45) is 5.84 Å². The molecule has 3 nitrogen and oxygen atoms in total. The Hall–Kier alpha value is -1.43. The first-order valence-corrected chi connectivity index (χ1v) is 7.33. The lowest BCUT2D eigenvalue weighted by molar-refractivity contribution is 0.410. The van der Waals surface area contributed by atoms with Crippen LogP contribution >= 0.6 is 15.9 Å². The van der Waals surface area contributed by atoms with Gasteiger partial charge >= 0.3 is 0 Å². The van der Waals surface area contributed by atoms with Crippen LogP contribution in [0, 0.1) is 19.7 Å². The lowest BCUT2D eigenvalue weighted by atomic mass is 9.95. The van der Waals surface area contributed by atoms with Crippen LogP contribution in [0.15, 0.2) is 34.8 Å². The number of nitrogens with one attached hydrogen (secondary N) is 1. The van der Waals surface area contributed by atoms with Crippen molar-refractivity contribution in [2.75, 3.05) is 7.11 Å². The molecule has 1 unspecified atom stereocenters. The van der Waals surface area contributed by atoms with E-state index < -0.39 is 6.04 Å². The molecule has 5 heteroatoms. The summed E-state index contributed by atoms with van der Waals surface area (Å²) in [5.74, 6) is 5.79. The highest BCUT2D eigenvalue weighted by Crippen LogP contribution is 2.30. The van der Waals surface area contributed by atoms with E-state index in [1.807, 2.05) is 26.0 Å². The first kappa shape index (κ1) is 15.9. The quantitative estimate of drug-likeness (QED) is 0.650. The normalized spacial score (nSPS) is 12.3. The number of hydrogen-bond donors (Lipinski definition) is 2. The molecular formula is C16H18BrFN2O. The van der Waals surface area contributed by atoms with E-state index in [2.05, 4.69) is 21.4 Å². The highest BCUT2D eigenvalue weighted by atomic mass is 79.9. The first-order chi connectivity index (χ1) is 9.97. The second-order valence-corrected chi connectivity index (χ2v) is 5.75. The van der Waals surface area contributed by atoms with E-state index in [0.29, 0.717) is 11.3 Å². The van der Waals surface area contributed by atoms with E-state index in [1.165, 1.54) is 13.2 Å². The van der Waals surface area contributed by atoms with Gasteiger partial charge in [0.1, 0.15) is 11.6 Å². The number of hydrogen-bond acceptors (Lipinski definition) is 3. The van der Waals surface area contributed by atoms with Crippen LogP contribution in [-0.2, 0) is 0 Å². The molecule has 0 aliphatic heterocycles. The molecule has 0 saturated carbocycles. The molecule has 0 spiro atoms. The number of nitrogens with two attached hydrogens (primary N) is 1. The summed E-state index contributed by atoms with van der Waals surface area (Å²) in [5, 5.41) is 0. The van der Waals surface area contributed by atoms with Crippen LogP contribution in [0.5, 0.6) is 5.75 Å². The summed E-state index contributed by atoms with van der Waals surface area (Å²) in [6.07, 6.45) is 0. The lowest BCUT2D eigenvalue weighted by Gasteiger charge is -2.20. The monoisotopic (exact) mass is 352 g/mol. The largest absolute Gasteiger partial charge is 0.497 e. The van der Waals surface area contributed by atoms with Gasteiger partial charge < -0.3 is 4.74 Å². The lowest BCUT2D eigenvalue weighted by Crippen LogP contribution is -2.29. The molecule has 21 heavy (non-hydrogen) atoms. The van der Waals surface area contributed by atoms with E-state index in [0.717, 1.165) is 21.2 Å². The molecule has 0 bridgehead atoms. The summed E-state index contributed by atoms with van der Waals surface area (Å²) in [6.45, 7) is 4.00. The number of hydrazine groups is 1. The van der Waals surface area contributed by atoms with Crippen LogP contribution in [-0.4, -0.2) is 7.11 Å². The second-order valence-electron chi connectivity index (χ2n) is 4.96. The van der Waals surface area contributed by atoms with Crippen LogP contribution in [0.4, 0.5) is 4.39 Å². The van der Waals surface area contributed by atoms with Gasteiger partial charge in [-0.3, -0.25) is 5.84 Å². The van der Waals surface area contributed by atoms with Gasteiger partial charge in [0.05, 0.1) is 13.2 Å². The van der Waals surface area contributed by atoms with Crippen molar-refractivity contribution in [1.29, 1.82) is 0 Å². The van der Waals surface area contributed by atoms with Gasteiger partial charge in [-0.1, -0.05) is 34.1 Å². The van der Waals surface area contributed by atoms with Gasteiger partial charge in [-0.15, -0.1) is 0 Å². The molecule has 1 atom stereocenters. The number of aryl methyl sites for hydroxylation is 2. The van der Waals surface area contributed by atoms with Crippen molar-refractivity contribution in [3.8, 4) is 5.75 Å². The summed E-state index contributed by atoms with van der Waals surface area (Å²) in [4.78, 5) is 0. The van der Waals surface area contributed by atoms with E-state index >= 15 is 0 Å². The van der Waals surface area contributed by atoms with Crippen LogP contribution < -0.4 is 16.0 Å². The van der Waals surface area contributed by atoms with E-state index in [4.69, 9.17) is 10.6 Å². The summed E-state index contributed by atoms with van der Waals surface area (Å²) >= 11 is 3.53. The maximum absolute atomic E-state index is 14.3. The van der Waals surface area contributed by atoms with Gasteiger partial charge in [0, 0.05) is 16.1 Å². The Morgan fingerprint density at radius 2 is 1.81 bits per heavy atom. The number of rotatable bonds is 4. The maximum atomic E-state index is 14.3. The van der Waals surface area contributed by atoms with Crippen molar-refractivity contribution in [3.63, 3.8) is 0 Å². The highest BCUT2D eigenvalue weighted by molar-refractivity contribution is 9.10. The average Bonchev–Trinajstić information content (AvgIpc) is 2.46. The van der Waals surface area contributed by atoms with Crippen molar-refractivity contribution in [1.82, 2.24) is 5.43 Å². The zero-order valence-electron chi connectivity index (χ0n) is 12.2. The fourth-order valence-corrected chi connectivity index (χ4v) is 2.61. The second kappa shape index (κ2) is 6.56. The van der Waals surface area contributed by atoms with E-state index in [-0.39, 0.29) is 5.82 Å². The minimum absolute atomic E-state index is 0.351. The molecular weight excluding hydrogens is 335 g/mol. The Labute approximate surface area is 132 Å². The van der Waals surface area contributed by atoms with Gasteiger partial charge in [-0.2, -0.15) is 0 Å². The fraction of sp³-hybridized carbons (Fsp3) is 0.250. The molecule has 0 aliphatic rings. The minimum atomic E-state index is -0.415. The zero-order chi connectivity index (χ0) is 15.6. The van der Waals surface area contributed by atoms with E-state index in [9.17, 15) is 4.39 Å². The zero-order valence-corrected chi connectivity index (χ0v) is 13.8. The summed E-state index contributed by atoms with van der Waals surface area (Å²) in [6, 6.07) is 8.34. The molecule has 0 amide bonds. The molecule has 3 N–H and O–H groups in total. The van der Waals surface area contributed by atoms with E-state index in [1.54, 1.807) is 12.1 Å². The predicted octanol–water partition coefficient (Wildman–Crippen LogP) is 3.77. The van der Waals surface area contributed by atoms with Crippen LogP contribution in [0.25, 0.3) is 0 Å². The Morgan fingerprint density at radius 3 is 2.29 bits per heavy atom. The Kier molecular flexibility index (Phi) is 4.98. The molecule has 2 aromatic carbocycles. The Morgan fingerprint density at radius 1 is 1.19 bits per heavy atom. The van der Waals surface area contributed by atoms with Crippen molar-refractivity contribution >= 4 is 15.9 Å². The summed E-state index contributed by atoms with van der Waals surface area (Å²) in [5.41, 5.74) is 6.26. The Bertz CT molecular complexity index is 638. The van der Waals surface area contributed by atoms with Crippen LogP contribution in [0.1, 0.15) is 28.3 Å². The standard InChI is InChI=1S/C16H18BrFN2O/c1-9-6-11(7-10(2)15(9)17)16(20-19)13-5-4-12(21-3)8-14(13)18/h4-8,16,20H,19H2,1-3H3. The third-order valence-corrected chi connectivity index (χ3v) is 4.73. The molecule has 0 radical (unpaired) electrons.